The average molecular weight is 409 g/mol. The van der Waals surface area contributed by atoms with Gasteiger partial charge in [-0.1, -0.05) is 11.3 Å². The van der Waals surface area contributed by atoms with Gasteiger partial charge in [-0.2, -0.15) is 0 Å². The van der Waals surface area contributed by atoms with Crippen molar-refractivity contribution in [2.24, 2.45) is 5.92 Å². The molecule has 7 heteroatoms. The molecule has 2 bridgehead atoms. The van der Waals surface area contributed by atoms with Crippen LogP contribution in [0.4, 0.5) is 0 Å². The Bertz CT molecular complexity index is 1120. The summed E-state index contributed by atoms with van der Waals surface area (Å²) in [5.74, 6) is 0.441. The first-order valence-electron chi connectivity index (χ1n) is 10.1. The molecule has 0 spiro atoms. The van der Waals surface area contributed by atoms with E-state index in [-0.39, 0.29) is 17.5 Å². The van der Waals surface area contributed by atoms with Crippen molar-refractivity contribution in [1.29, 1.82) is 0 Å². The highest BCUT2D eigenvalue weighted by atomic mass is 32.1. The number of benzene rings is 1. The number of carbonyl (C=O) groups is 1. The predicted octanol–water partition coefficient (Wildman–Crippen LogP) is 2.89. The standard InChI is InChI=1S/C22H24N4O2S/c1-13-9-17-19(10-14(13)2)29-22(24-17)26-11-16(3-4-20(26)27)21(28)23-18-12-25-7-5-15(18)6-8-25/h3-4,9-11,15,18H,5-8,12H2,1-2H3,(H,23,28). The summed E-state index contributed by atoms with van der Waals surface area (Å²) >= 11 is 1.47. The minimum atomic E-state index is -0.183. The third kappa shape index (κ3) is 3.38. The lowest BCUT2D eigenvalue weighted by Crippen LogP contribution is -2.57. The van der Waals surface area contributed by atoms with Gasteiger partial charge in [0.15, 0.2) is 5.13 Å². The molecule has 1 aromatic carbocycles. The minimum absolute atomic E-state index is 0.120. The second-order valence-electron chi connectivity index (χ2n) is 8.24. The van der Waals surface area contributed by atoms with Crippen molar-refractivity contribution in [3.05, 3.63) is 57.5 Å². The molecule has 5 heterocycles. The summed E-state index contributed by atoms with van der Waals surface area (Å²) in [4.78, 5) is 32.4. The average Bonchev–Trinajstić information content (AvgIpc) is 3.12. The number of pyridine rings is 1. The van der Waals surface area contributed by atoms with Crippen LogP contribution in [-0.2, 0) is 0 Å². The molecule has 1 N–H and O–H groups in total. The van der Waals surface area contributed by atoms with Crippen molar-refractivity contribution in [2.45, 2.75) is 32.7 Å². The molecule has 3 fully saturated rings. The largest absolute Gasteiger partial charge is 0.348 e. The smallest absolute Gasteiger partial charge is 0.256 e. The van der Waals surface area contributed by atoms with Gasteiger partial charge in [-0.15, -0.1) is 0 Å². The van der Waals surface area contributed by atoms with Gasteiger partial charge in [0.05, 0.1) is 15.8 Å². The highest BCUT2D eigenvalue weighted by Crippen LogP contribution is 2.28. The lowest BCUT2D eigenvalue weighted by atomic mass is 9.84. The van der Waals surface area contributed by atoms with E-state index in [2.05, 4.69) is 35.1 Å². The van der Waals surface area contributed by atoms with Gasteiger partial charge in [-0.3, -0.25) is 14.2 Å². The van der Waals surface area contributed by atoms with Crippen LogP contribution in [0, 0.1) is 19.8 Å². The van der Waals surface area contributed by atoms with E-state index < -0.39 is 0 Å². The summed E-state index contributed by atoms with van der Waals surface area (Å²) in [6, 6.07) is 7.39. The molecule has 3 saturated heterocycles. The minimum Gasteiger partial charge on any atom is -0.348 e. The van der Waals surface area contributed by atoms with Crippen LogP contribution >= 0.6 is 11.3 Å². The summed E-state index contributed by atoms with van der Waals surface area (Å²) in [5, 5.41) is 3.78. The zero-order valence-electron chi connectivity index (χ0n) is 16.6. The number of carbonyl (C=O) groups excluding carboxylic acids is 1. The van der Waals surface area contributed by atoms with E-state index in [0.717, 1.165) is 42.7 Å². The van der Waals surface area contributed by atoms with E-state index in [9.17, 15) is 9.59 Å². The summed E-state index contributed by atoms with van der Waals surface area (Å²) in [6.45, 7) is 7.32. The Morgan fingerprint density at radius 2 is 1.93 bits per heavy atom. The van der Waals surface area contributed by atoms with Crippen molar-refractivity contribution in [3.63, 3.8) is 0 Å². The van der Waals surface area contributed by atoms with E-state index in [1.807, 2.05) is 6.07 Å². The van der Waals surface area contributed by atoms with Crippen LogP contribution in [0.3, 0.4) is 0 Å². The summed E-state index contributed by atoms with van der Waals surface area (Å²) in [5.41, 5.74) is 3.56. The molecule has 0 radical (unpaired) electrons. The molecule has 6 rings (SSSR count). The lowest BCUT2D eigenvalue weighted by molar-refractivity contribution is 0.0620. The Balaban J connectivity index is 1.44. The molecule has 0 aliphatic carbocycles. The number of piperidine rings is 3. The maximum atomic E-state index is 12.9. The molecule has 3 aromatic rings. The van der Waals surface area contributed by atoms with Crippen molar-refractivity contribution in [3.8, 4) is 5.13 Å². The van der Waals surface area contributed by atoms with E-state index in [1.54, 1.807) is 12.3 Å². The van der Waals surface area contributed by atoms with Crippen LogP contribution in [0.25, 0.3) is 15.3 Å². The molecule has 3 aliphatic heterocycles. The van der Waals surface area contributed by atoms with Crippen LogP contribution in [-0.4, -0.2) is 46.0 Å². The molecule has 1 atom stereocenters. The van der Waals surface area contributed by atoms with Crippen molar-refractivity contribution < 1.29 is 4.79 Å². The molecule has 0 saturated carbocycles. The first kappa shape index (κ1) is 18.5. The maximum absolute atomic E-state index is 12.9. The molecular weight excluding hydrogens is 384 g/mol. The Kier molecular flexibility index (Phi) is 4.52. The van der Waals surface area contributed by atoms with Crippen molar-refractivity contribution in [1.82, 2.24) is 19.8 Å². The van der Waals surface area contributed by atoms with Crippen LogP contribution in [0.5, 0.6) is 0 Å². The van der Waals surface area contributed by atoms with Crippen LogP contribution < -0.4 is 10.9 Å². The number of hydrogen-bond acceptors (Lipinski definition) is 5. The Hall–Kier alpha value is -2.51. The summed E-state index contributed by atoms with van der Waals surface area (Å²) < 4.78 is 2.53. The number of hydrogen-bond donors (Lipinski definition) is 1. The van der Waals surface area contributed by atoms with E-state index in [0.29, 0.717) is 16.6 Å². The number of rotatable bonds is 3. The molecule has 6 nitrogen and oxygen atoms in total. The summed E-state index contributed by atoms with van der Waals surface area (Å²) in [6.07, 6.45) is 3.92. The zero-order chi connectivity index (χ0) is 20.1. The molecular formula is C22H24N4O2S. The van der Waals surface area contributed by atoms with Crippen molar-refractivity contribution in [2.75, 3.05) is 19.6 Å². The highest BCUT2D eigenvalue weighted by Gasteiger charge is 2.35. The third-order valence-electron chi connectivity index (χ3n) is 6.34. The van der Waals surface area contributed by atoms with Gasteiger partial charge < -0.3 is 10.2 Å². The molecule has 2 aromatic heterocycles. The van der Waals surface area contributed by atoms with Gasteiger partial charge in [0.25, 0.3) is 11.5 Å². The van der Waals surface area contributed by atoms with Gasteiger partial charge in [0, 0.05) is 24.8 Å². The van der Waals surface area contributed by atoms with E-state index in [4.69, 9.17) is 0 Å². The van der Waals surface area contributed by atoms with Gasteiger partial charge in [-0.25, -0.2) is 4.98 Å². The second-order valence-corrected chi connectivity index (χ2v) is 9.25. The first-order valence-corrected chi connectivity index (χ1v) is 10.9. The van der Waals surface area contributed by atoms with Crippen LogP contribution in [0.1, 0.15) is 34.3 Å². The monoisotopic (exact) mass is 408 g/mol. The number of nitrogens with zero attached hydrogens (tertiary/aromatic N) is 3. The zero-order valence-corrected chi connectivity index (χ0v) is 17.5. The fourth-order valence-corrected chi connectivity index (χ4v) is 5.45. The van der Waals surface area contributed by atoms with Gasteiger partial charge in [-0.05, 0) is 75.0 Å². The predicted molar refractivity (Wildman–Crippen MR) is 115 cm³/mol. The van der Waals surface area contributed by atoms with E-state index >= 15 is 0 Å². The first-order chi connectivity index (χ1) is 14.0. The Labute approximate surface area is 173 Å². The number of aryl methyl sites for hydroxylation is 2. The van der Waals surface area contributed by atoms with Crippen molar-refractivity contribution >= 4 is 27.5 Å². The third-order valence-corrected chi connectivity index (χ3v) is 7.36. The fourth-order valence-electron chi connectivity index (χ4n) is 4.42. The number of nitrogens with one attached hydrogen (secondary N) is 1. The fraction of sp³-hybridized carbons (Fsp3) is 0.409. The highest BCUT2D eigenvalue weighted by molar-refractivity contribution is 7.20. The Morgan fingerprint density at radius 3 is 2.66 bits per heavy atom. The molecule has 3 aliphatic rings. The molecule has 150 valence electrons. The molecule has 1 unspecified atom stereocenters. The number of amides is 1. The van der Waals surface area contributed by atoms with Gasteiger partial charge in [0.2, 0.25) is 0 Å². The quantitative estimate of drug-likeness (QED) is 0.724. The normalized spacial score (nSPS) is 23.4. The number of aromatic nitrogens is 2. The van der Waals surface area contributed by atoms with Gasteiger partial charge in [0.1, 0.15) is 0 Å². The Morgan fingerprint density at radius 1 is 1.17 bits per heavy atom. The SMILES string of the molecule is Cc1cc2nc(-n3cc(C(=O)NC4CN5CCC4CC5)ccc3=O)sc2cc1C. The number of thiazole rings is 1. The molecule has 29 heavy (non-hydrogen) atoms. The topological polar surface area (TPSA) is 67.2 Å². The van der Waals surface area contributed by atoms with Gasteiger partial charge >= 0.3 is 0 Å². The molecule has 1 amide bonds. The summed E-state index contributed by atoms with van der Waals surface area (Å²) in [7, 11) is 0. The lowest BCUT2D eigenvalue weighted by Gasteiger charge is -2.44. The van der Waals surface area contributed by atoms with Crippen LogP contribution in [0.2, 0.25) is 0 Å². The second kappa shape index (κ2) is 7.07. The maximum Gasteiger partial charge on any atom is 0.256 e. The number of fused-ring (bicyclic) bond motifs is 4. The van der Waals surface area contributed by atoms with E-state index in [1.165, 1.54) is 33.1 Å². The van der Waals surface area contributed by atoms with Crippen LogP contribution in [0.15, 0.2) is 35.3 Å².